The van der Waals surface area contributed by atoms with Crippen LogP contribution in [0.1, 0.15) is 0 Å². The van der Waals surface area contributed by atoms with Crippen LogP contribution < -0.4 is 19.6 Å². The van der Waals surface area contributed by atoms with Crippen LogP contribution in [-0.4, -0.2) is 63.9 Å². The Bertz CT molecular complexity index is 601. The third-order valence-corrected chi connectivity index (χ3v) is 3.36. The molecule has 0 bridgehead atoms. The topological polar surface area (TPSA) is 51.6 Å². The molecule has 1 aromatic heterocycles. The van der Waals surface area contributed by atoms with Crippen LogP contribution in [0.15, 0.2) is 30.3 Å². The quantitative estimate of drug-likeness (QED) is 0.749. The molecule has 0 atom stereocenters. The van der Waals surface area contributed by atoms with Crippen LogP contribution in [0.5, 0.6) is 0 Å². The zero-order valence-electron chi connectivity index (χ0n) is 14.7. The molecule has 0 saturated carbocycles. The average molecular weight is 315 g/mol. The summed E-state index contributed by atoms with van der Waals surface area (Å²) < 4.78 is 0. The zero-order valence-corrected chi connectivity index (χ0v) is 14.7. The molecule has 0 spiro atoms. The number of hydrogen-bond acceptors (Lipinski definition) is 7. The molecular weight excluding hydrogens is 290 g/mol. The molecule has 1 heterocycles. The Morgan fingerprint density at radius 1 is 0.652 bits per heavy atom. The van der Waals surface area contributed by atoms with Crippen LogP contribution in [0.2, 0.25) is 0 Å². The number of anilines is 4. The highest BCUT2D eigenvalue weighted by molar-refractivity contribution is 5.49. The van der Waals surface area contributed by atoms with Crippen molar-refractivity contribution in [3.05, 3.63) is 30.3 Å². The number of rotatable bonds is 6. The van der Waals surface area contributed by atoms with E-state index in [1.165, 1.54) is 0 Å². The molecule has 23 heavy (non-hydrogen) atoms. The Morgan fingerprint density at radius 3 is 1.61 bits per heavy atom. The molecule has 0 radical (unpaired) electrons. The zero-order chi connectivity index (χ0) is 17.0. The van der Waals surface area contributed by atoms with Gasteiger partial charge in [-0.05, 0) is 12.1 Å². The van der Waals surface area contributed by atoms with Gasteiger partial charge in [0.2, 0.25) is 17.8 Å². The normalized spacial score (nSPS) is 10.3. The van der Waals surface area contributed by atoms with Gasteiger partial charge in [0.05, 0.1) is 6.67 Å². The van der Waals surface area contributed by atoms with Gasteiger partial charge in [-0.3, -0.25) is 0 Å². The van der Waals surface area contributed by atoms with Crippen molar-refractivity contribution in [3.63, 3.8) is 0 Å². The molecule has 1 aromatic carbocycles. The van der Waals surface area contributed by atoms with E-state index < -0.39 is 0 Å². The van der Waals surface area contributed by atoms with Crippen LogP contribution in [0.3, 0.4) is 0 Å². The minimum atomic E-state index is 0.646. The van der Waals surface area contributed by atoms with Crippen molar-refractivity contribution in [2.24, 2.45) is 0 Å². The largest absolute Gasteiger partial charge is 0.357 e. The lowest BCUT2D eigenvalue weighted by Gasteiger charge is -2.27. The van der Waals surface area contributed by atoms with E-state index in [9.17, 15) is 0 Å². The molecule has 7 heteroatoms. The van der Waals surface area contributed by atoms with Crippen molar-refractivity contribution in [3.8, 4) is 0 Å². The van der Waals surface area contributed by atoms with Crippen LogP contribution in [-0.2, 0) is 0 Å². The first-order valence-corrected chi connectivity index (χ1v) is 7.46. The molecule has 0 saturated heterocycles. The Labute approximate surface area is 138 Å². The Hall–Kier alpha value is -2.57. The van der Waals surface area contributed by atoms with Crippen LogP contribution in [0.4, 0.5) is 23.5 Å². The fourth-order valence-corrected chi connectivity index (χ4v) is 2.06. The van der Waals surface area contributed by atoms with Crippen molar-refractivity contribution >= 4 is 23.5 Å². The van der Waals surface area contributed by atoms with Gasteiger partial charge in [-0.2, -0.15) is 15.0 Å². The van der Waals surface area contributed by atoms with Crippen molar-refractivity contribution in [2.45, 2.75) is 0 Å². The van der Waals surface area contributed by atoms with Gasteiger partial charge >= 0.3 is 0 Å². The lowest BCUT2D eigenvalue weighted by atomic mass is 10.3. The second-order valence-corrected chi connectivity index (χ2v) is 5.90. The van der Waals surface area contributed by atoms with Crippen molar-refractivity contribution in [2.75, 3.05) is 68.6 Å². The van der Waals surface area contributed by atoms with E-state index in [0.717, 1.165) is 5.69 Å². The van der Waals surface area contributed by atoms with Crippen LogP contribution in [0, 0.1) is 0 Å². The third kappa shape index (κ3) is 4.21. The fourth-order valence-electron chi connectivity index (χ4n) is 2.06. The van der Waals surface area contributed by atoms with Crippen molar-refractivity contribution in [1.29, 1.82) is 0 Å². The van der Waals surface area contributed by atoms with Gasteiger partial charge in [0.1, 0.15) is 0 Å². The second kappa shape index (κ2) is 7.13. The first-order chi connectivity index (χ1) is 10.9. The van der Waals surface area contributed by atoms with Gasteiger partial charge in [0.15, 0.2) is 0 Å². The number of nitrogens with zero attached hydrogens (tertiary/aromatic N) is 7. The highest BCUT2D eigenvalue weighted by atomic mass is 15.4. The van der Waals surface area contributed by atoms with E-state index in [-0.39, 0.29) is 0 Å². The van der Waals surface area contributed by atoms with E-state index in [1.807, 2.05) is 75.2 Å². The summed E-state index contributed by atoms with van der Waals surface area (Å²) in [4.78, 5) is 21.4. The highest BCUT2D eigenvalue weighted by Gasteiger charge is 2.14. The third-order valence-electron chi connectivity index (χ3n) is 3.36. The van der Waals surface area contributed by atoms with Gasteiger partial charge in [-0.1, -0.05) is 18.2 Å². The summed E-state index contributed by atoms with van der Waals surface area (Å²) in [7, 11) is 11.7. The standard InChI is InChI=1S/C16H25N7/c1-20(2)14-17-15(21(3)4)19-16(18-14)23(6)12-22(5)13-10-8-7-9-11-13/h7-11H,12H2,1-6H3. The highest BCUT2D eigenvalue weighted by Crippen LogP contribution is 2.17. The van der Waals surface area contributed by atoms with E-state index in [2.05, 4.69) is 32.0 Å². The fraction of sp³-hybridized carbons (Fsp3) is 0.438. The maximum Gasteiger partial charge on any atom is 0.233 e. The lowest BCUT2D eigenvalue weighted by molar-refractivity contribution is 0.803. The number of aromatic nitrogens is 3. The summed E-state index contributed by atoms with van der Waals surface area (Å²) in [5, 5.41) is 0. The number of hydrogen-bond donors (Lipinski definition) is 0. The minimum absolute atomic E-state index is 0.646. The molecule has 0 aliphatic heterocycles. The summed E-state index contributed by atoms with van der Waals surface area (Å²) in [6.45, 7) is 0.674. The van der Waals surface area contributed by atoms with E-state index in [4.69, 9.17) is 0 Å². The molecule has 2 rings (SSSR count). The van der Waals surface area contributed by atoms with E-state index in [1.54, 1.807) is 0 Å². The summed E-state index contributed by atoms with van der Waals surface area (Å²) in [6, 6.07) is 10.2. The molecule has 0 aliphatic rings. The molecule has 0 fully saturated rings. The Kier molecular flexibility index (Phi) is 5.20. The molecule has 0 N–H and O–H groups in total. The summed E-state index contributed by atoms with van der Waals surface area (Å²) >= 11 is 0. The van der Waals surface area contributed by atoms with Crippen molar-refractivity contribution in [1.82, 2.24) is 15.0 Å². The lowest BCUT2D eigenvalue weighted by Crippen LogP contribution is -2.34. The Balaban J connectivity index is 2.22. The average Bonchev–Trinajstić information content (AvgIpc) is 2.55. The molecule has 2 aromatic rings. The molecular formula is C16H25N7. The van der Waals surface area contributed by atoms with Crippen LogP contribution in [0.25, 0.3) is 0 Å². The summed E-state index contributed by atoms with van der Waals surface area (Å²) in [5.74, 6) is 1.94. The second-order valence-electron chi connectivity index (χ2n) is 5.90. The monoisotopic (exact) mass is 315 g/mol. The molecule has 0 unspecified atom stereocenters. The van der Waals surface area contributed by atoms with Gasteiger partial charge < -0.3 is 19.6 Å². The minimum Gasteiger partial charge on any atom is -0.357 e. The summed E-state index contributed by atoms with van der Waals surface area (Å²) in [6.07, 6.45) is 0. The predicted octanol–water partition coefficient (Wildman–Crippen LogP) is 1.53. The van der Waals surface area contributed by atoms with E-state index >= 15 is 0 Å². The summed E-state index contributed by atoms with van der Waals surface area (Å²) in [5.41, 5.74) is 1.15. The van der Waals surface area contributed by atoms with Gasteiger partial charge in [-0.15, -0.1) is 0 Å². The number of benzene rings is 1. The van der Waals surface area contributed by atoms with Crippen molar-refractivity contribution < 1.29 is 0 Å². The first kappa shape index (κ1) is 16.8. The maximum absolute atomic E-state index is 4.54. The molecule has 0 amide bonds. The SMILES string of the molecule is CN(C)c1nc(N(C)C)nc(N(C)CN(C)c2ccccc2)n1. The number of para-hydroxylation sites is 1. The Morgan fingerprint density at radius 2 is 1.13 bits per heavy atom. The maximum atomic E-state index is 4.54. The van der Waals surface area contributed by atoms with Gasteiger partial charge in [0.25, 0.3) is 0 Å². The first-order valence-electron chi connectivity index (χ1n) is 7.46. The van der Waals surface area contributed by atoms with Gasteiger partial charge in [0, 0.05) is 48.0 Å². The molecule has 7 nitrogen and oxygen atoms in total. The van der Waals surface area contributed by atoms with Crippen LogP contribution >= 0.6 is 0 Å². The van der Waals surface area contributed by atoms with E-state index in [0.29, 0.717) is 24.5 Å². The molecule has 124 valence electrons. The smallest absolute Gasteiger partial charge is 0.233 e. The van der Waals surface area contributed by atoms with Gasteiger partial charge in [-0.25, -0.2) is 0 Å². The molecule has 0 aliphatic carbocycles. The predicted molar refractivity (Wildman–Crippen MR) is 96.6 cm³/mol.